The molecule has 2 heterocycles. The SMILES string of the molecule is CCN(CC)C/C=C\c1cnc(N)c2ccsc12. The molecule has 0 aliphatic heterocycles. The molecule has 0 radical (unpaired) electrons. The summed E-state index contributed by atoms with van der Waals surface area (Å²) in [6, 6.07) is 2.03. The molecule has 0 fully saturated rings. The van der Waals surface area contributed by atoms with Crippen LogP contribution in [0.2, 0.25) is 0 Å². The molecular formula is C14H19N3S. The van der Waals surface area contributed by atoms with Crippen LogP contribution in [0.3, 0.4) is 0 Å². The van der Waals surface area contributed by atoms with E-state index in [1.807, 2.05) is 12.3 Å². The Morgan fingerprint density at radius 2 is 2.17 bits per heavy atom. The number of thiophene rings is 1. The van der Waals surface area contributed by atoms with Crippen LogP contribution in [0.1, 0.15) is 19.4 Å². The molecule has 2 aromatic heterocycles. The van der Waals surface area contributed by atoms with Crippen molar-refractivity contribution in [3.63, 3.8) is 0 Å². The Morgan fingerprint density at radius 3 is 2.89 bits per heavy atom. The average molecular weight is 261 g/mol. The van der Waals surface area contributed by atoms with Crippen LogP contribution in [0.15, 0.2) is 23.7 Å². The smallest absolute Gasteiger partial charge is 0.132 e. The van der Waals surface area contributed by atoms with Crippen molar-refractivity contribution < 1.29 is 0 Å². The van der Waals surface area contributed by atoms with Gasteiger partial charge in [-0.1, -0.05) is 26.0 Å². The number of hydrogen-bond acceptors (Lipinski definition) is 4. The van der Waals surface area contributed by atoms with Crippen molar-refractivity contribution in [2.75, 3.05) is 25.4 Å². The normalized spacial score (nSPS) is 11.9. The number of anilines is 1. The average Bonchev–Trinajstić information content (AvgIpc) is 2.87. The Bertz CT molecular complexity index is 541. The fourth-order valence-electron chi connectivity index (χ4n) is 1.93. The first-order valence-corrected chi connectivity index (χ1v) is 7.14. The van der Waals surface area contributed by atoms with E-state index in [1.165, 1.54) is 4.70 Å². The minimum atomic E-state index is 0.618. The number of rotatable bonds is 5. The number of fused-ring (bicyclic) bond motifs is 1. The summed E-state index contributed by atoms with van der Waals surface area (Å²) >= 11 is 1.71. The predicted octanol–water partition coefficient (Wildman–Crippen LogP) is 3.23. The number of pyridine rings is 1. The van der Waals surface area contributed by atoms with Crippen LogP contribution in [-0.2, 0) is 0 Å². The molecule has 0 amide bonds. The predicted molar refractivity (Wildman–Crippen MR) is 80.9 cm³/mol. The fraction of sp³-hybridized carbons (Fsp3) is 0.357. The minimum absolute atomic E-state index is 0.618. The largest absolute Gasteiger partial charge is 0.383 e. The van der Waals surface area contributed by atoms with Crippen LogP contribution in [0.5, 0.6) is 0 Å². The number of nitrogen functional groups attached to an aromatic ring is 1. The molecule has 2 N–H and O–H groups in total. The van der Waals surface area contributed by atoms with Gasteiger partial charge in [0.15, 0.2) is 0 Å². The van der Waals surface area contributed by atoms with Gasteiger partial charge in [-0.15, -0.1) is 11.3 Å². The van der Waals surface area contributed by atoms with Gasteiger partial charge in [-0.2, -0.15) is 0 Å². The Morgan fingerprint density at radius 1 is 1.39 bits per heavy atom. The molecule has 96 valence electrons. The summed E-state index contributed by atoms with van der Waals surface area (Å²) in [5.41, 5.74) is 7.01. The quantitative estimate of drug-likeness (QED) is 0.898. The van der Waals surface area contributed by atoms with Crippen molar-refractivity contribution in [2.24, 2.45) is 0 Å². The molecule has 0 aliphatic carbocycles. The summed E-state index contributed by atoms with van der Waals surface area (Å²) in [5.74, 6) is 0.618. The van der Waals surface area contributed by atoms with Gasteiger partial charge in [-0.05, 0) is 24.5 Å². The van der Waals surface area contributed by atoms with E-state index in [4.69, 9.17) is 5.73 Å². The summed E-state index contributed by atoms with van der Waals surface area (Å²) < 4.78 is 1.22. The molecule has 3 nitrogen and oxygen atoms in total. The third-order valence-corrected chi connectivity index (χ3v) is 4.07. The van der Waals surface area contributed by atoms with E-state index in [1.54, 1.807) is 11.3 Å². The van der Waals surface area contributed by atoms with Gasteiger partial charge in [0.05, 0.1) is 0 Å². The fourth-order valence-corrected chi connectivity index (χ4v) is 2.83. The molecule has 0 unspecified atom stereocenters. The minimum Gasteiger partial charge on any atom is -0.383 e. The van der Waals surface area contributed by atoms with E-state index < -0.39 is 0 Å². The van der Waals surface area contributed by atoms with Crippen molar-refractivity contribution in [2.45, 2.75) is 13.8 Å². The van der Waals surface area contributed by atoms with Crippen molar-refractivity contribution in [1.82, 2.24) is 9.88 Å². The van der Waals surface area contributed by atoms with Gasteiger partial charge in [0, 0.05) is 28.4 Å². The number of nitrogens with two attached hydrogens (primary N) is 1. The number of likely N-dealkylation sites (N-methyl/N-ethyl adjacent to an activating group) is 1. The molecule has 0 bridgehead atoms. The monoisotopic (exact) mass is 261 g/mol. The van der Waals surface area contributed by atoms with Crippen molar-refractivity contribution in [1.29, 1.82) is 0 Å². The summed E-state index contributed by atoms with van der Waals surface area (Å²) in [5, 5.41) is 3.12. The zero-order chi connectivity index (χ0) is 13.0. The standard InChI is InChI=1S/C14H19N3S/c1-3-17(4-2)8-5-6-11-10-16-14(15)12-7-9-18-13(11)12/h5-7,9-10H,3-4,8H2,1-2H3,(H2,15,16)/b6-5-. The molecular weight excluding hydrogens is 242 g/mol. The highest BCUT2D eigenvalue weighted by atomic mass is 32.1. The van der Waals surface area contributed by atoms with Crippen LogP contribution in [0.25, 0.3) is 16.2 Å². The van der Waals surface area contributed by atoms with Crippen molar-refractivity contribution in [3.8, 4) is 0 Å². The lowest BCUT2D eigenvalue weighted by Gasteiger charge is -2.14. The zero-order valence-electron chi connectivity index (χ0n) is 10.9. The molecule has 0 saturated carbocycles. The molecule has 2 rings (SSSR count). The summed E-state index contributed by atoms with van der Waals surface area (Å²) in [6.45, 7) is 7.49. The second-order valence-electron chi connectivity index (χ2n) is 4.15. The highest BCUT2D eigenvalue weighted by Gasteiger charge is 2.04. The first-order chi connectivity index (χ1) is 8.76. The zero-order valence-corrected chi connectivity index (χ0v) is 11.7. The number of aromatic nitrogens is 1. The van der Waals surface area contributed by atoms with Crippen LogP contribution >= 0.6 is 11.3 Å². The van der Waals surface area contributed by atoms with E-state index >= 15 is 0 Å². The Labute approximate surface area is 112 Å². The van der Waals surface area contributed by atoms with Crippen molar-refractivity contribution >= 4 is 33.3 Å². The number of hydrogen-bond donors (Lipinski definition) is 1. The van der Waals surface area contributed by atoms with E-state index in [0.717, 1.165) is 30.6 Å². The lowest BCUT2D eigenvalue weighted by Crippen LogP contribution is -2.22. The Hall–Kier alpha value is -1.39. The summed E-state index contributed by atoms with van der Waals surface area (Å²) in [4.78, 5) is 6.61. The maximum absolute atomic E-state index is 5.85. The Balaban J connectivity index is 2.19. The van der Waals surface area contributed by atoms with Crippen molar-refractivity contribution in [3.05, 3.63) is 29.3 Å². The van der Waals surface area contributed by atoms with Crippen LogP contribution in [0.4, 0.5) is 5.82 Å². The maximum Gasteiger partial charge on any atom is 0.132 e. The molecule has 2 aromatic rings. The summed E-state index contributed by atoms with van der Waals surface area (Å²) in [7, 11) is 0. The molecule has 18 heavy (non-hydrogen) atoms. The first-order valence-electron chi connectivity index (χ1n) is 6.26. The second kappa shape index (κ2) is 5.98. The summed E-state index contributed by atoms with van der Waals surface area (Å²) in [6.07, 6.45) is 6.19. The van der Waals surface area contributed by atoms with E-state index in [2.05, 4.69) is 41.3 Å². The van der Waals surface area contributed by atoms with E-state index in [-0.39, 0.29) is 0 Å². The van der Waals surface area contributed by atoms with Gasteiger partial charge in [-0.25, -0.2) is 4.98 Å². The van der Waals surface area contributed by atoms with E-state index in [9.17, 15) is 0 Å². The molecule has 0 atom stereocenters. The lowest BCUT2D eigenvalue weighted by atomic mass is 10.2. The Kier molecular flexibility index (Phi) is 4.33. The molecule has 0 saturated heterocycles. The third kappa shape index (κ3) is 2.71. The van der Waals surface area contributed by atoms with Crippen LogP contribution < -0.4 is 5.73 Å². The second-order valence-corrected chi connectivity index (χ2v) is 5.07. The molecule has 0 aromatic carbocycles. The lowest BCUT2D eigenvalue weighted by molar-refractivity contribution is 0.338. The maximum atomic E-state index is 5.85. The van der Waals surface area contributed by atoms with Gasteiger partial charge in [0.25, 0.3) is 0 Å². The van der Waals surface area contributed by atoms with Gasteiger partial charge in [0.1, 0.15) is 5.82 Å². The van der Waals surface area contributed by atoms with Gasteiger partial charge in [-0.3, -0.25) is 0 Å². The third-order valence-electron chi connectivity index (χ3n) is 3.10. The van der Waals surface area contributed by atoms with Crippen LogP contribution in [-0.4, -0.2) is 29.5 Å². The molecule has 0 aliphatic rings. The molecule has 0 spiro atoms. The van der Waals surface area contributed by atoms with Gasteiger partial charge in [0.2, 0.25) is 0 Å². The number of nitrogens with zero attached hydrogens (tertiary/aromatic N) is 2. The molecule has 4 heteroatoms. The van der Waals surface area contributed by atoms with Gasteiger partial charge < -0.3 is 10.6 Å². The first kappa shape index (κ1) is 13.1. The van der Waals surface area contributed by atoms with Crippen LogP contribution in [0, 0.1) is 0 Å². The highest BCUT2D eigenvalue weighted by molar-refractivity contribution is 7.17. The van der Waals surface area contributed by atoms with Gasteiger partial charge >= 0.3 is 0 Å². The van der Waals surface area contributed by atoms with E-state index in [0.29, 0.717) is 5.82 Å². The highest BCUT2D eigenvalue weighted by Crippen LogP contribution is 2.28. The topological polar surface area (TPSA) is 42.2 Å².